The fourth-order valence-corrected chi connectivity index (χ4v) is 3.67. The Morgan fingerprint density at radius 2 is 1.81 bits per heavy atom. The molecule has 1 aromatic carbocycles. The minimum atomic E-state index is 0.888. The topological polar surface area (TPSA) is 38.1 Å². The van der Waals surface area contributed by atoms with Gasteiger partial charge in [0.15, 0.2) is 0 Å². The zero-order valence-electron chi connectivity index (χ0n) is 14.5. The molecule has 0 amide bonds. The summed E-state index contributed by atoms with van der Waals surface area (Å²) in [6, 6.07) is 16.5. The Bertz CT molecular complexity index is 1120. The molecular weight excluding hydrogens is 318 g/mol. The van der Waals surface area contributed by atoms with Crippen LogP contribution in [0.5, 0.6) is 0 Å². The van der Waals surface area contributed by atoms with Crippen LogP contribution in [0.2, 0.25) is 0 Å². The van der Waals surface area contributed by atoms with E-state index < -0.39 is 0 Å². The molecule has 3 heteroatoms. The van der Waals surface area contributed by atoms with Gasteiger partial charge in [0.05, 0.1) is 22.8 Å². The Balaban J connectivity index is 1.75. The first-order chi connectivity index (χ1) is 12.8. The number of rotatable bonds is 2. The van der Waals surface area contributed by atoms with Crippen LogP contribution in [0.1, 0.15) is 17.7 Å². The van der Waals surface area contributed by atoms with Gasteiger partial charge in [-0.3, -0.25) is 15.0 Å². The van der Waals surface area contributed by atoms with E-state index in [1.165, 1.54) is 11.1 Å². The molecule has 3 heterocycles. The second kappa shape index (κ2) is 5.88. The summed E-state index contributed by atoms with van der Waals surface area (Å²) in [4.78, 5) is 14.2. The molecule has 0 atom stereocenters. The highest BCUT2D eigenvalue weighted by molar-refractivity contribution is 6.31. The summed E-state index contributed by atoms with van der Waals surface area (Å²) in [7, 11) is 0. The Hall–Kier alpha value is -3.33. The van der Waals surface area contributed by atoms with E-state index in [-0.39, 0.29) is 0 Å². The maximum atomic E-state index is 4.84. The van der Waals surface area contributed by atoms with Crippen molar-refractivity contribution < 1.29 is 0 Å². The van der Waals surface area contributed by atoms with Crippen LogP contribution in [0.3, 0.4) is 0 Å². The van der Waals surface area contributed by atoms with Gasteiger partial charge in [-0.2, -0.15) is 0 Å². The van der Waals surface area contributed by atoms with Gasteiger partial charge < -0.3 is 0 Å². The van der Waals surface area contributed by atoms with Crippen LogP contribution in [0.15, 0.2) is 77.9 Å². The predicted molar refractivity (Wildman–Crippen MR) is 106 cm³/mol. The van der Waals surface area contributed by atoms with Crippen molar-refractivity contribution in [2.45, 2.75) is 13.3 Å². The lowest BCUT2D eigenvalue weighted by atomic mass is 9.89. The molecule has 3 aromatic rings. The average Bonchev–Trinajstić information content (AvgIpc) is 3.07. The van der Waals surface area contributed by atoms with Crippen molar-refractivity contribution in [2.75, 3.05) is 0 Å². The number of aliphatic imine (C=N–C) groups is 1. The van der Waals surface area contributed by atoms with Crippen LogP contribution < -0.4 is 0 Å². The van der Waals surface area contributed by atoms with E-state index in [0.717, 1.165) is 46.0 Å². The molecule has 0 unspecified atom stereocenters. The number of nitrogens with zero attached hydrogens (tertiary/aromatic N) is 3. The lowest BCUT2D eigenvalue weighted by Crippen LogP contribution is -2.00. The van der Waals surface area contributed by atoms with Crippen LogP contribution in [0, 0.1) is 6.92 Å². The molecule has 0 saturated heterocycles. The smallest absolute Gasteiger partial charge is 0.0964 e. The van der Waals surface area contributed by atoms with E-state index in [1.807, 2.05) is 37.4 Å². The van der Waals surface area contributed by atoms with Crippen molar-refractivity contribution in [1.82, 2.24) is 9.97 Å². The third-order valence-electron chi connectivity index (χ3n) is 4.82. The number of allylic oxidation sites excluding steroid dienone is 4. The van der Waals surface area contributed by atoms with Crippen molar-refractivity contribution in [1.29, 1.82) is 0 Å². The third kappa shape index (κ3) is 2.32. The van der Waals surface area contributed by atoms with Crippen LogP contribution in [-0.4, -0.2) is 15.7 Å². The second-order valence-corrected chi connectivity index (χ2v) is 6.53. The van der Waals surface area contributed by atoms with Crippen molar-refractivity contribution >= 4 is 17.0 Å². The molecule has 1 aliphatic heterocycles. The summed E-state index contributed by atoms with van der Waals surface area (Å²) in [5.74, 6) is 0. The van der Waals surface area contributed by atoms with Gasteiger partial charge in [-0.15, -0.1) is 0 Å². The van der Waals surface area contributed by atoms with E-state index in [0.29, 0.717) is 0 Å². The summed E-state index contributed by atoms with van der Waals surface area (Å²) < 4.78 is 0. The molecule has 3 nitrogen and oxygen atoms in total. The van der Waals surface area contributed by atoms with Crippen molar-refractivity contribution in [3.8, 4) is 22.5 Å². The third-order valence-corrected chi connectivity index (χ3v) is 4.82. The van der Waals surface area contributed by atoms with Gasteiger partial charge >= 0.3 is 0 Å². The van der Waals surface area contributed by atoms with E-state index >= 15 is 0 Å². The lowest BCUT2D eigenvalue weighted by molar-refractivity contribution is 1.18. The second-order valence-electron chi connectivity index (χ2n) is 6.53. The lowest BCUT2D eigenvalue weighted by Gasteiger charge is -2.14. The predicted octanol–water partition coefficient (Wildman–Crippen LogP) is 5.55. The monoisotopic (exact) mass is 335 g/mol. The number of hydrogen-bond donors (Lipinski definition) is 0. The SMILES string of the molecule is Cc1cccc(-c2ncccc2-c2cccc3c2C2=CC=CCC2=N3)n1. The number of pyridine rings is 2. The number of benzene rings is 1. The molecular formula is C23H17N3. The van der Waals surface area contributed by atoms with Crippen LogP contribution >= 0.6 is 0 Å². The van der Waals surface area contributed by atoms with Crippen molar-refractivity contribution in [3.63, 3.8) is 0 Å². The molecule has 26 heavy (non-hydrogen) atoms. The molecule has 0 N–H and O–H groups in total. The first-order valence-electron chi connectivity index (χ1n) is 8.79. The van der Waals surface area contributed by atoms with Gasteiger partial charge in [0.1, 0.15) is 0 Å². The Kier molecular flexibility index (Phi) is 3.39. The maximum Gasteiger partial charge on any atom is 0.0964 e. The standard InChI is InChI=1S/C23H17N3/c1-15-7-4-13-21(25-15)23-17(10-6-14-24-23)16-9-5-12-20-22(16)18-8-2-3-11-19(18)26-20/h2-10,12-14H,11H2,1H3. The maximum absolute atomic E-state index is 4.84. The summed E-state index contributed by atoms with van der Waals surface area (Å²) >= 11 is 0. The van der Waals surface area contributed by atoms with Gasteiger partial charge in [0.2, 0.25) is 0 Å². The first kappa shape index (κ1) is 15.0. The molecule has 0 fully saturated rings. The minimum absolute atomic E-state index is 0.888. The number of aromatic nitrogens is 2. The molecule has 1 aliphatic carbocycles. The number of fused-ring (bicyclic) bond motifs is 3. The fraction of sp³-hybridized carbons (Fsp3) is 0.0870. The average molecular weight is 335 g/mol. The Morgan fingerprint density at radius 3 is 2.73 bits per heavy atom. The van der Waals surface area contributed by atoms with Gasteiger partial charge in [0.25, 0.3) is 0 Å². The summed E-state index contributed by atoms with van der Waals surface area (Å²) in [5.41, 5.74) is 9.67. The number of hydrogen-bond acceptors (Lipinski definition) is 3. The number of aryl methyl sites for hydroxylation is 1. The largest absolute Gasteiger partial charge is 0.254 e. The van der Waals surface area contributed by atoms with Crippen molar-refractivity contribution in [3.05, 3.63) is 84.2 Å². The van der Waals surface area contributed by atoms with Crippen LogP contribution in [-0.2, 0) is 0 Å². The Labute approximate surface area is 152 Å². The molecule has 5 rings (SSSR count). The molecule has 0 bridgehead atoms. The van der Waals surface area contributed by atoms with Crippen LogP contribution in [0.25, 0.3) is 28.1 Å². The quantitative estimate of drug-likeness (QED) is 0.616. The van der Waals surface area contributed by atoms with E-state index in [9.17, 15) is 0 Å². The van der Waals surface area contributed by atoms with Gasteiger partial charge in [-0.05, 0) is 36.8 Å². The van der Waals surface area contributed by atoms with Gasteiger partial charge in [-0.25, -0.2) is 0 Å². The van der Waals surface area contributed by atoms with Gasteiger partial charge in [-0.1, -0.05) is 42.5 Å². The molecule has 0 radical (unpaired) electrons. The summed E-state index contributed by atoms with van der Waals surface area (Å²) in [5, 5.41) is 0. The van der Waals surface area contributed by atoms with Crippen molar-refractivity contribution in [2.24, 2.45) is 4.99 Å². The molecule has 0 spiro atoms. The fourth-order valence-electron chi connectivity index (χ4n) is 3.67. The molecule has 2 aromatic heterocycles. The summed E-state index contributed by atoms with van der Waals surface area (Å²) in [6.07, 6.45) is 9.15. The molecule has 124 valence electrons. The van der Waals surface area contributed by atoms with E-state index in [1.54, 1.807) is 0 Å². The first-order valence-corrected chi connectivity index (χ1v) is 8.79. The Morgan fingerprint density at radius 1 is 0.923 bits per heavy atom. The normalized spacial score (nSPS) is 14.5. The summed E-state index contributed by atoms with van der Waals surface area (Å²) in [6.45, 7) is 2.01. The minimum Gasteiger partial charge on any atom is -0.254 e. The highest BCUT2D eigenvalue weighted by atomic mass is 14.8. The zero-order valence-corrected chi connectivity index (χ0v) is 14.5. The molecule has 2 aliphatic rings. The van der Waals surface area contributed by atoms with Gasteiger partial charge in [0, 0.05) is 35.0 Å². The highest BCUT2D eigenvalue weighted by Crippen LogP contribution is 2.44. The zero-order chi connectivity index (χ0) is 17.5. The molecule has 0 saturated carbocycles. The highest BCUT2D eigenvalue weighted by Gasteiger charge is 2.25. The van der Waals surface area contributed by atoms with E-state index in [4.69, 9.17) is 4.99 Å². The van der Waals surface area contributed by atoms with E-state index in [2.05, 4.69) is 52.5 Å². The van der Waals surface area contributed by atoms with Crippen LogP contribution in [0.4, 0.5) is 5.69 Å².